The van der Waals surface area contributed by atoms with E-state index in [-0.39, 0.29) is 10.0 Å². The zero-order valence-electron chi connectivity index (χ0n) is 18.9. The summed E-state index contributed by atoms with van der Waals surface area (Å²) < 4.78 is 33.8. The first kappa shape index (κ1) is 25.9. The highest BCUT2D eigenvalue weighted by molar-refractivity contribution is 14.1. The molecule has 0 bridgehead atoms. The van der Waals surface area contributed by atoms with E-state index in [0.29, 0.717) is 22.5 Å². The number of benzene rings is 3. The maximum Gasteiger partial charge on any atom is 0.264 e. The molecule has 0 atom stereocenters. The van der Waals surface area contributed by atoms with Gasteiger partial charge in [0.25, 0.3) is 15.9 Å². The highest BCUT2D eigenvalue weighted by Gasteiger charge is 2.27. The van der Waals surface area contributed by atoms with Gasteiger partial charge in [0, 0.05) is 20.6 Å². The molecule has 4 aromatic rings. The number of anilines is 1. The number of methoxy groups -OCH3 is 1. The van der Waals surface area contributed by atoms with Crippen molar-refractivity contribution in [2.75, 3.05) is 18.0 Å². The standard InChI is InChI=1S/C25H20ClIN4O4S/c1-35-21-12-7-17-13-18(25(26)29-23(17)14-21)15-28-30-24(32)16-31(20-10-8-19(27)9-11-20)36(33,34)22-5-3-2-4-6-22/h2-15H,16H2,1H3,(H,30,32)/b28-15-. The van der Waals surface area contributed by atoms with Crippen molar-refractivity contribution < 1.29 is 17.9 Å². The van der Waals surface area contributed by atoms with Gasteiger partial charge in [0.15, 0.2) is 0 Å². The predicted molar refractivity (Wildman–Crippen MR) is 149 cm³/mol. The van der Waals surface area contributed by atoms with Crippen LogP contribution >= 0.6 is 34.2 Å². The number of sulfonamides is 1. The largest absolute Gasteiger partial charge is 0.497 e. The number of nitrogens with one attached hydrogen (secondary N) is 1. The fraction of sp³-hybridized carbons (Fsp3) is 0.0800. The Morgan fingerprint density at radius 1 is 1.11 bits per heavy atom. The molecule has 36 heavy (non-hydrogen) atoms. The second-order valence-electron chi connectivity index (χ2n) is 7.52. The molecule has 8 nitrogen and oxygen atoms in total. The molecule has 1 aromatic heterocycles. The van der Waals surface area contributed by atoms with E-state index in [0.717, 1.165) is 13.3 Å². The van der Waals surface area contributed by atoms with Gasteiger partial charge in [-0.2, -0.15) is 5.10 Å². The summed E-state index contributed by atoms with van der Waals surface area (Å²) >= 11 is 8.40. The quantitative estimate of drug-likeness (QED) is 0.129. The molecule has 184 valence electrons. The molecule has 0 aliphatic carbocycles. The smallest absolute Gasteiger partial charge is 0.264 e. The van der Waals surface area contributed by atoms with E-state index >= 15 is 0 Å². The summed E-state index contributed by atoms with van der Waals surface area (Å²) in [6, 6.07) is 21.9. The van der Waals surface area contributed by atoms with Crippen LogP contribution in [-0.4, -0.2) is 39.2 Å². The third-order valence-electron chi connectivity index (χ3n) is 5.13. The van der Waals surface area contributed by atoms with Crippen LogP contribution in [-0.2, 0) is 14.8 Å². The van der Waals surface area contributed by atoms with Crippen LogP contribution in [0.1, 0.15) is 5.56 Å². The molecule has 4 rings (SSSR count). The van der Waals surface area contributed by atoms with Gasteiger partial charge in [0.1, 0.15) is 17.4 Å². The average molecular weight is 635 g/mol. The number of ether oxygens (including phenoxy) is 1. The number of halogens is 2. The minimum absolute atomic E-state index is 0.0745. The zero-order chi connectivity index (χ0) is 25.7. The fourth-order valence-electron chi connectivity index (χ4n) is 3.34. The van der Waals surface area contributed by atoms with E-state index < -0.39 is 22.5 Å². The van der Waals surface area contributed by atoms with E-state index in [4.69, 9.17) is 16.3 Å². The normalized spacial score (nSPS) is 11.5. The maximum absolute atomic E-state index is 13.3. The van der Waals surface area contributed by atoms with Crippen molar-refractivity contribution >= 4 is 72.9 Å². The summed E-state index contributed by atoms with van der Waals surface area (Å²) in [5, 5.41) is 4.97. The van der Waals surface area contributed by atoms with E-state index in [2.05, 4.69) is 38.1 Å². The molecule has 0 radical (unpaired) electrons. The van der Waals surface area contributed by atoms with Crippen LogP contribution < -0.4 is 14.5 Å². The highest BCUT2D eigenvalue weighted by Crippen LogP contribution is 2.25. The lowest BCUT2D eigenvalue weighted by Crippen LogP contribution is -2.39. The van der Waals surface area contributed by atoms with Crippen molar-refractivity contribution in [3.8, 4) is 5.75 Å². The maximum atomic E-state index is 13.3. The van der Waals surface area contributed by atoms with Crippen LogP contribution in [0.25, 0.3) is 10.9 Å². The van der Waals surface area contributed by atoms with Crippen molar-refractivity contribution in [3.63, 3.8) is 0 Å². The fourth-order valence-corrected chi connectivity index (χ4v) is 5.33. The molecule has 3 aromatic carbocycles. The Labute approximate surface area is 227 Å². The van der Waals surface area contributed by atoms with E-state index in [1.807, 2.05) is 6.07 Å². The number of hydrogen-bond donors (Lipinski definition) is 1. The lowest BCUT2D eigenvalue weighted by atomic mass is 10.1. The minimum atomic E-state index is -4.00. The van der Waals surface area contributed by atoms with Crippen molar-refractivity contribution in [2.45, 2.75) is 4.90 Å². The molecule has 1 amide bonds. The number of hydrogen-bond acceptors (Lipinski definition) is 6. The van der Waals surface area contributed by atoms with E-state index in [1.165, 1.54) is 18.3 Å². The summed E-state index contributed by atoms with van der Waals surface area (Å²) in [4.78, 5) is 17.1. The molecule has 11 heteroatoms. The Kier molecular flexibility index (Phi) is 8.07. The lowest BCUT2D eigenvalue weighted by Gasteiger charge is -2.23. The first-order valence-electron chi connectivity index (χ1n) is 10.6. The summed E-state index contributed by atoms with van der Waals surface area (Å²) in [5.41, 5.74) is 3.87. The third kappa shape index (κ3) is 5.94. The number of amides is 1. The van der Waals surface area contributed by atoms with E-state index in [9.17, 15) is 13.2 Å². The topological polar surface area (TPSA) is 101 Å². The van der Waals surface area contributed by atoms with E-state index in [1.54, 1.807) is 67.8 Å². The van der Waals surface area contributed by atoms with Gasteiger partial charge in [-0.25, -0.2) is 18.8 Å². The molecule has 0 aliphatic rings. The van der Waals surface area contributed by atoms with Gasteiger partial charge >= 0.3 is 0 Å². The van der Waals surface area contributed by atoms with Gasteiger partial charge in [0.2, 0.25) is 0 Å². The lowest BCUT2D eigenvalue weighted by molar-refractivity contribution is -0.119. The molecule has 0 unspecified atom stereocenters. The minimum Gasteiger partial charge on any atom is -0.497 e. The molecular weight excluding hydrogens is 615 g/mol. The molecule has 0 aliphatic heterocycles. The van der Waals surface area contributed by atoms with Crippen LogP contribution in [0.5, 0.6) is 5.75 Å². The zero-order valence-corrected chi connectivity index (χ0v) is 22.7. The number of rotatable bonds is 8. The van der Waals surface area contributed by atoms with Crippen LogP contribution in [0.4, 0.5) is 5.69 Å². The number of fused-ring (bicyclic) bond motifs is 1. The van der Waals surface area contributed by atoms with Crippen LogP contribution in [0, 0.1) is 3.57 Å². The molecule has 0 saturated heterocycles. The highest BCUT2D eigenvalue weighted by atomic mass is 127. The predicted octanol–water partition coefficient (Wildman–Crippen LogP) is 4.85. The summed E-state index contributed by atoms with van der Waals surface area (Å²) in [5.74, 6) is 0.0294. The molecule has 0 fully saturated rings. The summed E-state index contributed by atoms with van der Waals surface area (Å²) in [6.07, 6.45) is 1.36. The van der Waals surface area contributed by atoms with Crippen LogP contribution in [0.3, 0.4) is 0 Å². The Balaban J connectivity index is 1.54. The second kappa shape index (κ2) is 11.2. The van der Waals surface area contributed by atoms with Crippen molar-refractivity contribution in [3.05, 3.63) is 93.1 Å². The van der Waals surface area contributed by atoms with Crippen LogP contribution in [0.15, 0.2) is 88.9 Å². The molecule has 0 spiro atoms. The number of hydrazone groups is 1. The second-order valence-corrected chi connectivity index (χ2v) is 11.0. The van der Waals surface area contributed by atoms with Crippen molar-refractivity contribution in [1.29, 1.82) is 0 Å². The summed E-state index contributed by atoms with van der Waals surface area (Å²) in [6.45, 7) is -0.474. The van der Waals surface area contributed by atoms with Crippen molar-refractivity contribution in [2.24, 2.45) is 5.10 Å². The summed E-state index contributed by atoms with van der Waals surface area (Å²) in [7, 11) is -2.43. The average Bonchev–Trinajstić information content (AvgIpc) is 2.88. The first-order chi connectivity index (χ1) is 17.3. The van der Waals surface area contributed by atoms with Gasteiger partial charge in [-0.05, 0) is 77.2 Å². The molecular formula is C25H20ClIN4O4S. The van der Waals surface area contributed by atoms with Gasteiger partial charge in [-0.1, -0.05) is 29.8 Å². The number of pyridine rings is 1. The van der Waals surface area contributed by atoms with Gasteiger partial charge in [0.05, 0.1) is 29.4 Å². The van der Waals surface area contributed by atoms with Crippen molar-refractivity contribution in [1.82, 2.24) is 10.4 Å². The third-order valence-corrected chi connectivity index (χ3v) is 7.94. The van der Waals surface area contributed by atoms with Gasteiger partial charge in [-0.15, -0.1) is 0 Å². The number of carbonyl (C=O) groups excluding carboxylic acids is 1. The Bertz CT molecular complexity index is 1530. The van der Waals surface area contributed by atoms with Gasteiger partial charge < -0.3 is 4.74 Å². The SMILES string of the molecule is COc1ccc2cc(/C=N\NC(=O)CN(c3ccc(I)cc3)S(=O)(=O)c3ccccc3)c(Cl)nc2c1. The first-order valence-corrected chi connectivity index (χ1v) is 13.5. The Morgan fingerprint density at radius 2 is 1.83 bits per heavy atom. The Morgan fingerprint density at radius 3 is 2.53 bits per heavy atom. The number of nitrogens with zero attached hydrogens (tertiary/aromatic N) is 3. The van der Waals surface area contributed by atoms with Crippen LogP contribution in [0.2, 0.25) is 5.15 Å². The van der Waals surface area contributed by atoms with Gasteiger partial charge in [-0.3, -0.25) is 9.10 Å². The number of aromatic nitrogens is 1. The molecule has 0 saturated carbocycles. The monoisotopic (exact) mass is 634 g/mol. The number of carbonyl (C=O) groups is 1. The molecule has 1 N–H and O–H groups in total. The Hall–Kier alpha value is -3.22. The molecule has 1 heterocycles.